The van der Waals surface area contributed by atoms with Crippen LogP contribution in [0.1, 0.15) is 16.7 Å². The van der Waals surface area contributed by atoms with Gasteiger partial charge in [-0.25, -0.2) is 12.2 Å². The molecule has 0 heterocycles. The number of rotatable bonds is 2. The Kier molecular flexibility index (Phi) is 31.3. The summed E-state index contributed by atoms with van der Waals surface area (Å²) in [4.78, 5) is 0. The number of benzene rings is 3. The van der Waals surface area contributed by atoms with Gasteiger partial charge in [0.05, 0.1) is 0 Å². The van der Waals surface area contributed by atoms with Crippen LogP contribution in [0.15, 0.2) is 109 Å². The molecule has 0 fully saturated rings. The van der Waals surface area contributed by atoms with Crippen molar-refractivity contribution < 1.29 is 21.7 Å². The molecule has 0 radical (unpaired) electrons. The molecule has 36 heavy (non-hydrogen) atoms. The van der Waals surface area contributed by atoms with E-state index in [0.717, 1.165) is 16.7 Å². The first-order valence-corrected chi connectivity index (χ1v) is 14.3. The van der Waals surface area contributed by atoms with Crippen molar-refractivity contribution in [2.24, 2.45) is 5.92 Å². The van der Waals surface area contributed by atoms with E-state index >= 15 is 0 Å². The number of allylic oxidation sites excluding steroid dienone is 4. The third-order valence-electron chi connectivity index (χ3n) is 4.11. The van der Waals surface area contributed by atoms with E-state index in [1.807, 2.05) is 97.1 Å². The van der Waals surface area contributed by atoms with Gasteiger partial charge in [0.25, 0.3) is 0 Å². The number of hydrogen-bond acceptors (Lipinski definition) is 0. The monoisotopic (exact) mass is 532 g/mol. The summed E-state index contributed by atoms with van der Waals surface area (Å²) in [5.74, 6) is 0.631. The molecule has 1 unspecified atom stereocenters. The van der Waals surface area contributed by atoms with Gasteiger partial charge in [-0.2, -0.15) is 79.9 Å². The fourth-order valence-corrected chi connectivity index (χ4v) is 4.22. The summed E-state index contributed by atoms with van der Waals surface area (Å²) in [7, 11) is -0.856. The second-order valence-corrected chi connectivity index (χ2v) is 14.1. The third kappa shape index (κ3) is 26.3. The van der Waals surface area contributed by atoms with Crippen LogP contribution in [0.4, 0.5) is 0 Å². The maximum atomic E-state index is 3.72. The van der Waals surface area contributed by atoms with Crippen molar-refractivity contribution >= 4 is 8.07 Å². The summed E-state index contributed by atoms with van der Waals surface area (Å²) in [6.07, 6.45) is 9.69. The van der Waals surface area contributed by atoms with Crippen LogP contribution < -0.4 is 0 Å². The Morgan fingerprint density at radius 3 is 1.08 bits per heavy atom. The minimum Gasteiger partial charge on any atom is -0.358 e. The van der Waals surface area contributed by atoms with Crippen LogP contribution in [-0.4, -0.2) is 8.07 Å². The largest absolute Gasteiger partial charge is 0.358 e. The molecule has 0 nitrogen and oxygen atoms in total. The molecule has 0 spiro atoms. The van der Waals surface area contributed by atoms with E-state index in [0.29, 0.717) is 5.92 Å². The van der Waals surface area contributed by atoms with Gasteiger partial charge in [-0.3, -0.25) is 6.08 Å². The SMILES string of the molecule is C[Si](C)(C)CC1[C-]=CC=C1.[CH2-]c1ccccc1.[CH2-]c1ccccc1.[CH2-]c1ccccc1.[CH3-].[CH3-].[CH3-].[CH3-].[Ti]. The molecule has 4 rings (SSSR count). The van der Waals surface area contributed by atoms with Crippen molar-refractivity contribution in [1.82, 2.24) is 0 Å². The van der Waals surface area contributed by atoms with Crippen LogP contribution in [0.5, 0.6) is 0 Å². The molecule has 0 N–H and O–H groups in total. The van der Waals surface area contributed by atoms with Crippen molar-refractivity contribution in [2.75, 3.05) is 0 Å². The maximum absolute atomic E-state index is 3.72. The van der Waals surface area contributed by atoms with E-state index in [4.69, 9.17) is 0 Å². The van der Waals surface area contributed by atoms with Crippen molar-refractivity contribution in [1.29, 1.82) is 0 Å². The van der Waals surface area contributed by atoms with E-state index in [-0.39, 0.29) is 51.4 Å². The molecule has 200 valence electrons. The summed E-state index contributed by atoms with van der Waals surface area (Å²) in [6.45, 7) is 18.4. The van der Waals surface area contributed by atoms with Crippen molar-refractivity contribution in [3.05, 3.63) is 182 Å². The first-order valence-electron chi connectivity index (χ1n) is 10.6. The fraction of sp³-hybridized carbons (Fsp3) is 0.147. The summed E-state index contributed by atoms with van der Waals surface area (Å²) >= 11 is 0. The molecular formula is C34H48SiTi-8. The second kappa shape index (κ2) is 25.8. The van der Waals surface area contributed by atoms with Gasteiger partial charge in [-0.1, -0.05) is 49.8 Å². The quantitative estimate of drug-likeness (QED) is 0.227. The molecule has 2 heteroatoms. The van der Waals surface area contributed by atoms with E-state index in [2.05, 4.69) is 58.6 Å². The van der Waals surface area contributed by atoms with E-state index < -0.39 is 8.07 Å². The molecule has 3 aromatic rings. The first kappa shape index (κ1) is 43.7. The summed E-state index contributed by atoms with van der Waals surface area (Å²) in [5.41, 5.74) is 3.22. The molecule has 1 atom stereocenters. The Labute approximate surface area is 242 Å². The molecule has 0 amide bonds. The Morgan fingerprint density at radius 1 is 0.611 bits per heavy atom. The molecule has 0 saturated carbocycles. The van der Waals surface area contributed by atoms with Gasteiger partial charge < -0.3 is 29.7 Å². The molecule has 1 aliphatic rings. The Hall–Kier alpha value is -2.32. The van der Waals surface area contributed by atoms with Crippen LogP contribution >= 0.6 is 0 Å². The van der Waals surface area contributed by atoms with Gasteiger partial charge in [-0.05, 0) is 0 Å². The third-order valence-corrected chi connectivity index (χ3v) is 5.78. The first-order chi connectivity index (χ1) is 14.8. The standard InChI is InChI=1S/C9H15Si.3C7H7.4CH3.Ti/c1-10(2,3)8-9-6-4-5-7-9;3*1-7-5-3-2-4-6-7;;;;;/h4-6,9H,8H2,1-3H3;3*2-6H,1H2;4*1H3;/q8*-1;. The van der Waals surface area contributed by atoms with Gasteiger partial charge in [0.15, 0.2) is 0 Å². The summed E-state index contributed by atoms with van der Waals surface area (Å²) < 4.78 is 0. The zero-order valence-corrected chi connectivity index (χ0v) is 26.4. The normalized spacial score (nSPS) is 11.7. The van der Waals surface area contributed by atoms with Crippen LogP contribution in [0.3, 0.4) is 0 Å². The van der Waals surface area contributed by atoms with Crippen molar-refractivity contribution in [3.8, 4) is 0 Å². The van der Waals surface area contributed by atoms with Crippen LogP contribution in [-0.2, 0) is 21.7 Å². The topological polar surface area (TPSA) is 0 Å². The summed E-state index contributed by atoms with van der Waals surface area (Å²) in [6, 6.07) is 31.0. The van der Waals surface area contributed by atoms with Crippen LogP contribution in [0.25, 0.3) is 0 Å². The van der Waals surface area contributed by atoms with Crippen molar-refractivity contribution in [3.63, 3.8) is 0 Å². The van der Waals surface area contributed by atoms with Gasteiger partial charge in [0.1, 0.15) is 0 Å². The minimum atomic E-state index is -0.856. The molecule has 0 bridgehead atoms. The predicted octanol–water partition coefficient (Wildman–Crippen LogP) is 10.3. The van der Waals surface area contributed by atoms with E-state index in [1.165, 1.54) is 6.04 Å². The average Bonchev–Trinajstić information content (AvgIpc) is 3.23. The molecule has 1 aliphatic carbocycles. The zero-order chi connectivity index (χ0) is 23.0. The number of hydrogen-bond donors (Lipinski definition) is 0. The van der Waals surface area contributed by atoms with Crippen LogP contribution in [0.2, 0.25) is 25.7 Å². The Bertz CT molecular complexity index is 762. The van der Waals surface area contributed by atoms with Gasteiger partial charge in [0.2, 0.25) is 0 Å². The molecule has 0 aromatic heterocycles. The van der Waals surface area contributed by atoms with E-state index in [9.17, 15) is 0 Å². The smallest absolute Gasteiger partial charge is 0.0435 e. The van der Waals surface area contributed by atoms with Gasteiger partial charge in [0, 0.05) is 29.8 Å². The molecular weight excluding hydrogens is 484 g/mol. The predicted molar refractivity (Wildman–Crippen MR) is 167 cm³/mol. The molecule has 3 aromatic carbocycles. The summed E-state index contributed by atoms with van der Waals surface area (Å²) in [5, 5.41) is 0. The average molecular weight is 533 g/mol. The second-order valence-electron chi connectivity index (χ2n) is 8.55. The van der Waals surface area contributed by atoms with Gasteiger partial charge >= 0.3 is 0 Å². The Morgan fingerprint density at radius 2 is 0.917 bits per heavy atom. The van der Waals surface area contributed by atoms with Gasteiger partial charge in [-0.15, -0.1) is 36.4 Å². The Balaban J connectivity index is -0.000000115. The zero-order valence-electron chi connectivity index (χ0n) is 23.8. The molecule has 0 saturated heterocycles. The molecule has 0 aliphatic heterocycles. The maximum Gasteiger partial charge on any atom is 0.0435 e. The van der Waals surface area contributed by atoms with E-state index in [1.54, 1.807) is 0 Å². The minimum absolute atomic E-state index is 0. The fourth-order valence-electron chi connectivity index (χ4n) is 2.65. The van der Waals surface area contributed by atoms with Crippen molar-refractivity contribution in [2.45, 2.75) is 25.7 Å². The van der Waals surface area contributed by atoms with Crippen LogP contribution in [0, 0.1) is 62.5 Å².